The number of anilines is 1. The zero-order chi connectivity index (χ0) is 25.1. The fourth-order valence-electron chi connectivity index (χ4n) is 4.87. The van der Waals surface area contributed by atoms with Crippen LogP contribution in [0.25, 0.3) is 6.08 Å². The fraction of sp³-hybridized carbons (Fsp3) is 0.407. The maximum absolute atomic E-state index is 13.4. The number of thioether (sulfide) groups is 1. The molecule has 0 radical (unpaired) electrons. The van der Waals surface area contributed by atoms with Gasteiger partial charge in [-0.2, -0.15) is 5.26 Å². The second-order valence-corrected chi connectivity index (χ2v) is 10.8. The van der Waals surface area contributed by atoms with Crippen LogP contribution < -0.4 is 10.5 Å². The lowest BCUT2D eigenvalue weighted by Crippen LogP contribution is -2.40. The molecule has 35 heavy (non-hydrogen) atoms. The van der Waals surface area contributed by atoms with E-state index in [-0.39, 0.29) is 17.0 Å². The number of rotatable bonds is 6. The molecule has 1 unspecified atom stereocenters. The summed E-state index contributed by atoms with van der Waals surface area (Å²) in [5.74, 6) is 1.18. The number of carbonyl (C=O) groups is 1. The number of pyridine rings is 1. The van der Waals surface area contributed by atoms with Crippen molar-refractivity contribution in [3.63, 3.8) is 0 Å². The van der Waals surface area contributed by atoms with Crippen LogP contribution in [0.5, 0.6) is 0 Å². The molecule has 0 N–H and O–H groups in total. The highest BCUT2D eigenvalue weighted by molar-refractivity contribution is 8.26. The summed E-state index contributed by atoms with van der Waals surface area (Å²) in [4.78, 5) is 31.0. The van der Waals surface area contributed by atoms with E-state index in [1.807, 2.05) is 43.3 Å². The number of nitrogens with zero attached hydrogens (tertiary/aromatic N) is 4. The van der Waals surface area contributed by atoms with E-state index in [2.05, 4.69) is 17.9 Å². The van der Waals surface area contributed by atoms with Gasteiger partial charge in [0.05, 0.1) is 4.91 Å². The summed E-state index contributed by atoms with van der Waals surface area (Å²) in [6, 6.07) is 12.1. The van der Waals surface area contributed by atoms with Gasteiger partial charge >= 0.3 is 0 Å². The summed E-state index contributed by atoms with van der Waals surface area (Å²) in [7, 11) is 0. The summed E-state index contributed by atoms with van der Waals surface area (Å²) in [5.41, 5.74) is 2.39. The van der Waals surface area contributed by atoms with Crippen LogP contribution in [-0.4, -0.2) is 39.3 Å². The summed E-state index contributed by atoms with van der Waals surface area (Å²) >= 11 is 6.85. The van der Waals surface area contributed by atoms with E-state index in [1.165, 1.54) is 11.8 Å². The Kier molecular flexibility index (Phi) is 7.78. The van der Waals surface area contributed by atoms with Crippen molar-refractivity contribution < 1.29 is 4.79 Å². The molecule has 1 amide bonds. The predicted octanol–water partition coefficient (Wildman–Crippen LogP) is 4.73. The Balaban J connectivity index is 1.75. The minimum Gasteiger partial charge on any atom is -0.357 e. The fourth-order valence-corrected chi connectivity index (χ4v) is 6.16. The predicted molar refractivity (Wildman–Crippen MR) is 146 cm³/mol. The molecule has 1 aromatic carbocycles. The first-order valence-electron chi connectivity index (χ1n) is 12.1. The standard InChI is InChI=1S/C27H30N4O2S2/c1-4-30-24(29-13-8-9-18(2)17-29)21(19(3)22(16-28)25(30)32)15-23-26(33)31(27(34)35-23)14-12-20-10-6-5-7-11-20/h5-7,10-11,15,18H,4,8-9,12-14,17H2,1-3H3/b23-15-. The van der Waals surface area contributed by atoms with E-state index in [0.717, 1.165) is 49.3 Å². The number of amides is 1. The normalized spacial score (nSPS) is 19.5. The maximum atomic E-state index is 13.4. The van der Waals surface area contributed by atoms with Crippen LogP contribution in [-0.2, 0) is 17.8 Å². The monoisotopic (exact) mass is 506 g/mol. The van der Waals surface area contributed by atoms with Crippen LogP contribution in [0.4, 0.5) is 5.82 Å². The zero-order valence-electron chi connectivity index (χ0n) is 20.4. The number of nitriles is 1. The molecule has 182 valence electrons. The van der Waals surface area contributed by atoms with Crippen LogP contribution in [0.1, 0.15) is 48.9 Å². The smallest absolute Gasteiger partial charge is 0.270 e. The highest BCUT2D eigenvalue weighted by atomic mass is 32.2. The lowest BCUT2D eigenvalue weighted by Gasteiger charge is -2.35. The Morgan fingerprint density at radius 3 is 2.66 bits per heavy atom. The molecule has 0 saturated carbocycles. The topological polar surface area (TPSA) is 69.3 Å². The molecule has 3 heterocycles. The molecule has 2 aromatic rings. The second kappa shape index (κ2) is 10.8. The van der Waals surface area contributed by atoms with Crippen molar-refractivity contribution >= 4 is 46.1 Å². The lowest BCUT2D eigenvalue weighted by atomic mass is 9.98. The van der Waals surface area contributed by atoms with Crippen LogP contribution in [0, 0.1) is 24.2 Å². The van der Waals surface area contributed by atoms with Crippen LogP contribution in [0.3, 0.4) is 0 Å². The van der Waals surface area contributed by atoms with Gasteiger partial charge < -0.3 is 4.90 Å². The molecule has 2 fully saturated rings. The highest BCUT2D eigenvalue weighted by Crippen LogP contribution is 2.36. The van der Waals surface area contributed by atoms with Gasteiger partial charge in [-0.25, -0.2) is 0 Å². The van der Waals surface area contributed by atoms with Crippen molar-refractivity contribution in [3.05, 3.63) is 67.8 Å². The van der Waals surface area contributed by atoms with E-state index in [1.54, 1.807) is 16.4 Å². The lowest BCUT2D eigenvalue weighted by molar-refractivity contribution is -0.122. The average molecular weight is 507 g/mol. The van der Waals surface area contributed by atoms with Crippen molar-refractivity contribution in [1.29, 1.82) is 5.26 Å². The highest BCUT2D eigenvalue weighted by Gasteiger charge is 2.33. The van der Waals surface area contributed by atoms with E-state index in [9.17, 15) is 14.9 Å². The molecule has 0 aliphatic carbocycles. The molecule has 1 aromatic heterocycles. The Labute approximate surface area is 216 Å². The summed E-state index contributed by atoms with van der Waals surface area (Å²) in [6.45, 7) is 8.58. The van der Waals surface area contributed by atoms with E-state index in [4.69, 9.17) is 12.2 Å². The number of benzene rings is 1. The quantitative estimate of drug-likeness (QED) is 0.417. The molecular formula is C27H30N4O2S2. The third kappa shape index (κ3) is 5.07. The third-order valence-corrected chi connectivity index (χ3v) is 8.11. The molecular weight excluding hydrogens is 476 g/mol. The van der Waals surface area contributed by atoms with Gasteiger partial charge in [-0.15, -0.1) is 0 Å². The molecule has 0 bridgehead atoms. The SMILES string of the molecule is CCn1c(N2CCCC(C)C2)c(/C=C2\SC(=S)N(CCc3ccccc3)C2=O)c(C)c(C#N)c1=O. The molecule has 2 aliphatic rings. The summed E-state index contributed by atoms with van der Waals surface area (Å²) < 4.78 is 2.22. The van der Waals surface area contributed by atoms with Crippen molar-refractivity contribution in [2.75, 3.05) is 24.5 Å². The van der Waals surface area contributed by atoms with E-state index >= 15 is 0 Å². The molecule has 8 heteroatoms. The molecule has 1 atom stereocenters. The molecule has 0 spiro atoms. The Bertz CT molecular complexity index is 1280. The van der Waals surface area contributed by atoms with Gasteiger partial charge in [0.1, 0.15) is 21.8 Å². The summed E-state index contributed by atoms with van der Waals surface area (Å²) in [5, 5.41) is 9.76. The molecule has 6 nitrogen and oxygen atoms in total. The van der Waals surface area contributed by atoms with Crippen LogP contribution >= 0.6 is 24.0 Å². The number of hydrogen-bond acceptors (Lipinski definition) is 6. The number of aromatic nitrogens is 1. The first-order chi connectivity index (χ1) is 16.8. The molecule has 2 saturated heterocycles. The van der Waals surface area contributed by atoms with Gasteiger partial charge in [-0.05, 0) is 56.2 Å². The van der Waals surface area contributed by atoms with Crippen molar-refractivity contribution in [2.24, 2.45) is 5.92 Å². The van der Waals surface area contributed by atoms with Gasteiger partial charge in [-0.3, -0.25) is 19.1 Å². The second-order valence-electron chi connectivity index (χ2n) is 9.16. The maximum Gasteiger partial charge on any atom is 0.270 e. The number of carbonyl (C=O) groups excluding carboxylic acids is 1. The van der Waals surface area contributed by atoms with Crippen LogP contribution in [0.2, 0.25) is 0 Å². The van der Waals surface area contributed by atoms with Gasteiger partial charge in [0.25, 0.3) is 11.5 Å². The van der Waals surface area contributed by atoms with Crippen molar-refractivity contribution in [2.45, 2.75) is 46.6 Å². The first kappa shape index (κ1) is 25.2. The first-order valence-corrected chi connectivity index (χ1v) is 13.3. The van der Waals surface area contributed by atoms with E-state index in [0.29, 0.717) is 33.8 Å². The number of piperidine rings is 1. The van der Waals surface area contributed by atoms with Crippen molar-refractivity contribution in [3.8, 4) is 6.07 Å². The van der Waals surface area contributed by atoms with Crippen LogP contribution in [0.15, 0.2) is 40.0 Å². The minimum atomic E-state index is -0.270. The average Bonchev–Trinajstić information content (AvgIpc) is 3.12. The zero-order valence-corrected chi connectivity index (χ0v) is 22.0. The number of hydrogen-bond donors (Lipinski definition) is 0. The van der Waals surface area contributed by atoms with Gasteiger partial charge in [0, 0.05) is 31.7 Å². The minimum absolute atomic E-state index is 0.124. The third-order valence-electron chi connectivity index (χ3n) is 6.74. The molecule has 4 rings (SSSR count). The van der Waals surface area contributed by atoms with Gasteiger partial charge in [0.2, 0.25) is 0 Å². The van der Waals surface area contributed by atoms with Gasteiger partial charge in [0.15, 0.2) is 0 Å². The van der Waals surface area contributed by atoms with E-state index < -0.39 is 0 Å². The Hall–Kier alpha value is -2.89. The van der Waals surface area contributed by atoms with Gasteiger partial charge in [-0.1, -0.05) is 61.2 Å². The van der Waals surface area contributed by atoms with Crippen molar-refractivity contribution in [1.82, 2.24) is 9.47 Å². The Morgan fingerprint density at radius 1 is 1.26 bits per heavy atom. The Morgan fingerprint density at radius 2 is 2.00 bits per heavy atom. The largest absolute Gasteiger partial charge is 0.357 e. The molecule has 2 aliphatic heterocycles. The summed E-state index contributed by atoms with van der Waals surface area (Å²) in [6.07, 6.45) is 4.75. The number of thiocarbonyl (C=S) groups is 1.